The van der Waals surface area contributed by atoms with E-state index >= 15 is 0 Å². The van der Waals surface area contributed by atoms with Crippen molar-refractivity contribution in [2.24, 2.45) is 17.8 Å². The number of carbonyl (C=O) groups excluding carboxylic acids is 4. The van der Waals surface area contributed by atoms with Gasteiger partial charge in [0, 0.05) is 57.6 Å². The first-order chi connectivity index (χ1) is 30.9. The first-order valence-corrected chi connectivity index (χ1v) is 24.3. The molecule has 0 spiro atoms. The van der Waals surface area contributed by atoms with Crippen LogP contribution in [0.15, 0.2) is 35.9 Å². The van der Waals surface area contributed by atoms with Crippen molar-refractivity contribution < 1.29 is 28.7 Å². The topological polar surface area (TPSA) is 144 Å². The molecular formula is C55H74N4O6. The molecule has 0 saturated heterocycles. The highest BCUT2D eigenvalue weighted by Crippen LogP contribution is 2.48. The van der Waals surface area contributed by atoms with Crippen molar-refractivity contribution in [1.82, 2.24) is 19.9 Å². The van der Waals surface area contributed by atoms with Gasteiger partial charge in [0.1, 0.15) is 12.5 Å². The molecule has 0 fully saturated rings. The van der Waals surface area contributed by atoms with Crippen LogP contribution >= 0.6 is 0 Å². The molecule has 10 heteroatoms. The maximum Gasteiger partial charge on any atom is 0.321 e. The van der Waals surface area contributed by atoms with Crippen LogP contribution < -0.4 is 0 Å². The van der Waals surface area contributed by atoms with E-state index < -0.39 is 11.9 Å². The van der Waals surface area contributed by atoms with Gasteiger partial charge in [-0.15, -0.1) is 0 Å². The van der Waals surface area contributed by atoms with Gasteiger partial charge in [0.05, 0.1) is 35.2 Å². The zero-order valence-corrected chi connectivity index (χ0v) is 41.3. The monoisotopic (exact) mass is 887 g/mol. The number of aryl methyl sites for hydroxylation is 2. The summed E-state index contributed by atoms with van der Waals surface area (Å²) in [6.45, 7) is 23.2. The molecule has 1 aliphatic carbocycles. The van der Waals surface area contributed by atoms with Crippen LogP contribution in [0.1, 0.15) is 217 Å². The van der Waals surface area contributed by atoms with E-state index in [2.05, 4.69) is 58.4 Å². The second-order valence-electron chi connectivity index (χ2n) is 19.9. The number of fused-ring (bicyclic) bond motifs is 8. The van der Waals surface area contributed by atoms with E-state index in [0.29, 0.717) is 62.5 Å². The van der Waals surface area contributed by atoms with Crippen molar-refractivity contribution in [3.63, 3.8) is 0 Å². The van der Waals surface area contributed by atoms with Gasteiger partial charge in [-0.2, -0.15) is 0 Å². The molecule has 0 radical (unpaired) electrons. The lowest BCUT2D eigenvalue weighted by Gasteiger charge is -2.18. The molecule has 0 saturated carbocycles. The maximum absolute atomic E-state index is 14.4. The Morgan fingerprint density at radius 3 is 2.11 bits per heavy atom. The number of carbonyl (C=O) groups is 4. The van der Waals surface area contributed by atoms with E-state index in [1.165, 1.54) is 57.6 Å². The lowest BCUT2D eigenvalue weighted by atomic mass is 9.84. The third-order valence-corrected chi connectivity index (χ3v) is 14.5. The summed E-state index contributed by atoms with van der Waals surface area (Å²) in [4.78, 5) is 72.0. The Kier molecular flexibility index (Phi) is 16.3. The molecule has 6 atom stereocenters. The molecule has 2 N–H and O–H groups in total. The predicted molar refractivity (Wildman–Crippen MR) is 261 cm³/mol. The number of nitrogens with zero attached hydrogens (tertiary/aromatic N) is 2. The van der Waals surface area contributed by atoms with E-state index in [1.54, 1.807) is 6.92 Å². The van der Waals surface area contributed by atoms with E-state index in [0.717, 1.165) is 52.7 Å². The maximum atomic E-state index is 14.4. The average Bonchev–Trinajstić information content (AvgIpc) is 4.00. The van der Waals surface area contributed by atoms with E-state index in [-0.39, 0.29) is 48.3 Å². The normalized spacial score (nSPS) is 19.9. The molecule has 3 aliphatic rings. The lowest BCUT2D eigenvalue weighted by Crippen LogP contribution is -2.21. The molecule has 3 aromatic heterocycles. The van der Waals surface area contributed by atoms with Gasteiger partial charge in [-0.1, -0.05) is 98.1 Å². The number of methoxy groups -OCH3 is 1. The second kappa shape index (κ2) is 21.5. The van der Waals surface area contributed by atoms with Crippen LogP contribution in [0.4, 0.5) is 0 Å². The zero-order chi connectivity index (χ0) is 47.3. The zero-order valence-electron chi connectivity index (χ0n) is 41.3. The van der Waals surface area contributed by atoms with Crippen molar-refractivity contribution in [2.45, 2.75) is 170 Å². The summed E-state index contributed by atoms with van der Waals surface area (Å²) in [6, 6.07) is 5.87. The van der Waals surface area contributed by atoms with Crippen LogP contribution in [0, 0.1) is 31.6 Å². The van der Waals surface area contributed by atoms with Gasteiger partial charge in [-0.05, 0) is 113 Å². The van der Waals surface area contributed by atoms with Crippen molar-refractivity contribution in [2.75, 3.05) is 13.7 Å². The molecule has 5 heterocycles. The highest BCUT2D eigenvalue weighted by atomic mass is 16.5. The minimum atomic E-state index is -1.22. The van der Waals surface area contributed by atoms with Crippen LogP contribution in [-0.2, 0) is 19.1 Å². The molecule has 2 aliphatic heterocycles. The number of Topliss-reactive ketones (excluding diaryl/α,β-unsaturated/α-hetero) is 2. The number of esters is 2. The SMILES string of the molecule is C/C=C1/c2cc3[nH]c4c(c3C)C(=O)[C@H](C(=O)OC)c4c3nc(cc4[nH]c(cc(n2)[C@@H]1C)c(C(C)=O)c4C)[C@@H](C)[C@@H]3CCC(=O)OC/C=C(\C)CCC[C@H](C)CCC[C@H](C)CCCC(C)C. The summed E-state index contributed by atoms with van der Waals surface area (Å²) in [6.07, 6.45) is 15.8. The molecular weight excluding hydrogens is 813 g/mol. The summed E-state index contributed by atoms with van der Waals surface area (Å²) in [7, 11) is 1.29. The Morgan fingerprint density at radius 1 is 0.815 bits per heavy atom. The summed E-state index contributed by atoms with van der Waals surface area (Å²) in [5.41, 5.74) is 10.7. The number of aromatic amines is 2. The number of hydrogen-bond acceptors (Lipinski definition) is 8. The number of hydrogen-bond donors (Lipinski definition) is 2. The largest absolute Gasteiger partial charge is 0.468 e. The van der Waals surface area contributed by atoms with Crippen molar-refractivity contribution in [3.05, 3.63) is 86.5 Å². The van der Waals surface area contributed by atoms with Gasteiger partial charge >= 0.3 is 11.9 Å². The van der Waals surface area contributed by atoms with Gasteiger partial charge in [-0.25, -0.2) is 0 Å². The number of rotatable bonds is 19. The number of H-pyrrole nitrogens is 2. The quantitative estimate of drug-likeness (QED) is 0.0524. The minimum absolute atomic E-state index is 0.0485. The molecule has 10 nitrogen and oxygen atoms in total. The molecule has 6 rings (SSSR count). The highest BCUT2D eigenvalue weighted by Gasteiger charge is 2.45. The third kappa shape index (κ3) is 11.0. The van der Waals surface area contributed by atoms with Gasteiger partial charge < -0.3 is 19.4 Å². The molecule has 3 aromatic rings. The van der Waals surface area contributed by atoms with Crippen LogP contribution in [-0.4, -0.2) is 57.2 Å². The summed E-state index contributed by atoms with van der Waals surface area (Å²) in [5, 5.41) is 0. The second-order valence-corrected chi connectivity index (χ2v) is 19.9. The van der Waals surface area contributed by atoms with E-state index in [9.17, 15) is 19.2 Å². The Hall–Kier alpha value is -5.12. The molecule has 0 unspecified atom stereocenters. The molecule has 8 bridgehead atoms. The fourth-order valence-corrected chi connectivity index (χ4v) is 10.4. The van der Waals surface area contributed by atoms with Crippen LogP contribution in [0.25, 0.3) is 27.6 Å². The first kappa shape index (κ1) is 49.3. The molecule has 65 heavy (non-hydrogen) atoms. The van der Waals surface area contributed by atoms with Gasteiger partial charge in [0.2, 0.25) is 0 Å². The van der Waals surface area contributed by atoms with Gasteiger partial charge in [-0.3, -0.25) is 29.1 Å². The number of ketones is 2. The van der Waals surface area contributed by atoms with Gasteiger partial charge in [0.15, 0.2) is 11.6 Å². The van der Waals surface area contributed by atoms with Crippen LogP contribution in [0.2, 0.25) is 0 Å². The standard InChI is InChI=1S/C55H74N4O6/c1-13-39-34(7)41-29-46-48(38(11)60)36(9)43(57-46)27-42-35(8)40(52(58-42)50-51(55(63)64-12)54(62)49-37(10)44(59-53(49)50)28-45(39)56-41)23-24-47(61)65-26-25-33(6)22-16-21-32(5)20-15-19-31(4)18-14-17-30(2)3/h13,25,27-32,34-35,40,51,57,59H,14-24,26H2,1-12H3/b33-25+,39-13+,41-29?,42-27?,43-27?,44-28?,45-28?,46-29?,52-50?/t31-,32-,34-,35+,40+,51-/m1/s1. The highest BCUT2D eigenvalue weighted by molar-refractivity contribution is 6.23. The summed E-state index contributed by atoms with van der Waals surface area (Å²) >= 11 is 0. The third-order valence-electron chi connectivity index (χ3n) is 14.5. The molecule has 350 valence electrons. The summed E-state index contributed by atoms with van der Waals surface area (Å²) in [5.74, 6) is -0.905. The number of nitrogens with one attached hydrogen (secondary N) is 2. The smallest absolute Gasteiger partial charge is 0.321 e. The molecule has 0 amide bonds. The average molecular weight is 887 g/mol. The number of allylic oxidation sites excluding steroid dienone is 3. The predicted octanol–water partition coefficient (Wildman–Crippen LogP) is 13.4. The van der Waals surface area contributed by atoms with Crippen molar-refractivity contribution in [3.8, 4) is 0 Å². The van der Waals surface area contributed by atoms with E-state index in [1.807, 2.05) is 51.1 Å². The minimum Gasteiger partial charge on any atom is -0.468 e. The number of ether oxygens (including phenoxy) is 2. The van der Waals surface area contributed by atoms with Crippen molar-refractivity contribution in [1.29, 1.82) is 0 Å². The number of aromatic nitrogens is 4. The van der Waals surface area contributed by atoms with E-state index in [4.69, 9.17) is 19.4 Å². The summed E-state index contributed by atoms with van der Waals surface area (Å²) < 4.78 is 11.1. The van der Waals surface area contributed by atoms with Gasteiger partial charge in [0.25, 0.3) is 0 Å². The van der Waals surface area contributed by atoms with Crippen LogP contribution in [0.3, 0.4) is 0 Å². The lowest BCUT2D eigenvalue weighted by molar-refractivity contribution is -0.143. The first-order valence-electron chi connectivity index (χ1n) is 24.3. The fourth-order valence-electron chi connectivity index (χ4n) is 10.4. The van der Waals surface area contributed by atoms with Crippen LogP contribution in [0.5, 0.6) is 0 Å². The molecule has 0 aromatic carbocycles. The fraction of sp³-hybridized carbons (Fsp3) is 0.564. The Bertz CT molecular complexity index is 2520. The van der Waals surface area contributed by atoms with Crippen molar-refractivity contribution >= 4 is 51.1 Å². The Balaban J connectivity index is 1.25. The Labute approximate surface area is 386 Å². The Morgan fingerprint density at radius 2 is 1.46 bits per heavy atom.